The highest BCUT2D eigenvalue weighted by Gasteiger charge is 2.60. The van der Waals surface area contributed by atoms with E-state index in [4.69, 9.17) is 0 Å². The number of fused-ring (bicyclic) bond motifs is 5. The summed E-state index contributed by atoms with van der Waals surface area (Å²) in [6.07, 6.45) is 12.1. The largest absolute Gasteiger partial charge is 0.389 e. The SMILES string of the molecule is CC(C)[C@@H](C)CC[C@@H](C)[C@H]1CC[C@H]2[C@@H]3C[C@H](O)C4=CC(=O)CC[C@]4(C)[C@H]3CC[C@]12C. The Kier molecular flexibility index (Phi) is 6.06. The molecule has 0 radical (unpaired) electrons. The van der Waals surface area contributed by atoms with Crippen molar-refractivity contribution in [3.8, 4) is 0 Å². The van der Waals surface area contributed by atoms with Crippen molar-refractivity contribution in [1.29, 1.82) is 0 Å². The number of carbonyl (C=O) groups is 1. The Hall–Kier alpha value is -0.630. The molecule has 9 atom stereocenters. The number of rotatable bonds is 5. The van der Waals surface area contributed by atoms with E-state index < -0.39 is 6.10 Å². The molecular formula is C28H46O2. The average Bonchev–Trinajstić information content (AvgIpc) is 3.04. The van der Waals surface area contributed by atoms with Gasteiger partial charge < -0.3 is 5.11 Å². The van der Waals surface area contributed by atoms with Gasteiger partial charge in [0.15, 0.2) is 5.78 Å². The Morgan fingerprint density at radius 2 is 1.77 bits per heavy atom. The van der Waals surface area contributed by atoms with Crippen molar-refractivity contribution in [2.45, 2.75) is 105 Å². The summed E-state index contributed by atoms with van der Waals surface area (Å²) in [4.78, 5) is 12.1. The molecule has 0 heterocycles. The molecule has 4 rings (SSSR count). The molecule has 0 aromatic heterocycles. The molecule has 0 spiro atoms. The summed E-state index contributed by atoms with van der Waals surface area (Å²) in [5.41, 5.74) is 1.58. The van der Waals surface area contributed by atoms with Crippen molar-refractivity contribution in [1.82, 2.24) is 0 Å². The smallest absolute Gasteiger partial charge is 0.155 e. The van der Waals surface area contributed by atoms with Crippen molar-refractivity contribution < 1.29 is 9.90 Å². The van der Waals surface area contributed by atoms with Crippen LogP contribution in [0.3, 0.4) is 0 Å². The van der Waals surface area contributed by atoms with E-state index >= 15 is 0 Å². The number of ketones is 1. The molecule has 2 heteroatoms. The van der Waals surface area contributed by atoms with Crippen molar-refractivity contribution >= 4 is 5.78 Å². The van der Waals surface area contributed by atoms with Crippen molar-refractivity contribution in [2.24, 2.45) is 52.3 Å². The zero-order valence-corrected chi connectivity index (χ0v) is 20.4. The predicted octanol–water partition coefficient (Wildman–Crippen LogP) is 6.81. The van der Waals surface area contributed by atoms with Gasteiger partial charge in [0.25, 0.3) is 0 Å². The minimum Gasteiger partial charge on any atom is -0.389 e. The van der Waals surface area contributed by atoms with Crippen molar-refractivity contribution in [3.05, 3.63) is 11.6 Å². The van der Waals surface area contributed by atoms with Gasteiger partial charge in [-0.05, 0) is 102 Å². The summed E-state index contributed by atoms with van der Waals surface area (Å²) in [6, 6.07) is 0. The Morgan fingerprint density at radius 1 is 1.03 bits per heavy atom. The highest BCUT2D eigenvalue weighted by molar-refractivity contribution is 5.91. The number of hydrogen-bond acceptors (Lipinski definition) is 2. The van der Waals surface area contributed by atoms with Crippen LogP contribution in [0.4, 0.5) is 0 Å². The monoisotopic (exact) mass is 414 g/mol. The number of carbonyl (C=O) groups excluding carboxylic acids is 1. The first-order valence-corrected chi connectivity index (χ1v) is 13.0. The van der Waals surface area contributed by atoms with Gasteiger partial charge in [-0.15, -0.1) is 0 Å². The van der Waals surface area contributed by atoms with Gasteiger partial charge in [-0.2, -0.15) is 0 Å². The standard InChI is InChI=1S/C28H46O2/c1-17(2)18(3)7-8-19(4)22-9-10-23-21-16-26(30)25-15-20(29)11-13-28(25,6)24(21)12-14-27(22,23)5/h15,17-19,21-24,26,30H,7-14,16H2,1-6H3/t18-,19+,21-,22+,23-,24-,26-,27+,28+/m0/s1. The normalized spacial score (nSPS) is 45.4. The van der Waals surface area contributed by atoms with Gasteiger partial charge in [-0.3, -0.25) is 4.79 Å². The lowest BCUT2D eigenvalue weighted by molar-refractivity contribution is -0.119. The van der Waals surface area contributed by atoms with Crippen LogP contribution in [-0.4, -0.2) is 17.0 Å². The first kappa shape index (κ1) is 22.6. The van der Waals surface area contributed by atoms with Crippen LogP contribution in [0.5, 0.6) is 0 Å². The van der Waals surface area contributed by atoms with E-state index in [1.54, 1.807) is 0 Å². The van der Waals surface area contributed by atoms with Gasteiger partial charge in [-0.25, -0.2) is 0 Å². The maximum atomic E-state index is 12.1. The van der Waals surface area contributed by atoms with Crippen molar-refractivity contribution in [3.63, 3.8) is 0 Å². The van der Waals surface area contributed by atoms with Crippen LogP contribution in [0.15, 0.2) is 11.6 Å². The topological polar surface area (TPSA) is 37.3 Å². The number of aliphatic hydroxyl groups is 1. The number of hydrogen-bond donors (Lipinski definition) is 1. The molecule has 0 saturated heterocycles. The Morgan fingerprint density at radius 3 is 2.47 bits per heavy atom. The molecular weight excluding hydrogens is 368 g/mol. The zero-order valence-electron chi connectivity index (χ0n) is 20.4. The van der Waals surface area contributed by atoms with Crippen LogP contribution < -0.4 is 0 Å². The zero-order chi connectivity index (χ0) is 21.8. The van der Waals surface area contributed by atoms with Crippen LogP contribution in [0.2, 0.25) is 0 Å². The molecule has 0 aliphatic heterocycles. The molecule has 30 heavy (non-hydrogen) atoms. The van der Waals surface area contributed by atoms with Gasteiger partial charge in [0, 0.05) is 6.42 Å². The van der Waals surface area contributed by atoms with Crippen LogP contribution in [-0.2, 0) is 4.79 Å². The Bertz CT molecular complexity index is 693. The predicted molar refractivity (Wildman–Crippen MR) is 124 cm³/mol. The van der Waals surface area contributed by atoms with Gasteiger partial charge >= 0.3 is 0 Å². The van der Waals surface area contributed by atoms with Crippen LogP contribution in [0, 0.1) is 52.3 Å². The van der Waals surface area contributed by atoms with Gasteiger partial charge in [0.1, 0.15) is 0 Å². The third kappa shape index (κ3) is 3.54. The lowest BCUT2D eigenvalue weighted by Gasteiger charge is -2.59. The fraction of sp³-hybridized carbons (Fsp3) is 0.893. The molecule has 0 unspecified atom stereocenters. The van der Waals surface area contributed by atoms with Gasteiger partial charge in [-0.1, -0.05) is 54.4 Å². The molecule has 3 fully saturated rings. The molecule has 4 aliphatic rings. The van der Waals surface area contributed by atoms with Gasteiger partial charge in [0.2, 0.25) is 0 Å². The van der Waals surface area contributed by atoms with E-state index in [1.807, 2.05) is 6.08 Å². The first-order chi connectivity index (χ1) is 14.1. The van der Waals surface area contributed by atoms with E-state index in [2.05, 4.69) is 41.5 Å². The molecule has 0 aromatic carbocycles. The first-order valence-electron chi connectivity index (χ1n) is 13.0. The van der Waals surface area contributed by atoms with Crippen molar-refractivity contribution in [2.75, 3.05) is 0 Å². The molecule has 170 valence electrons. The second-order valence-electron chi connectivity index (χ2n) is 12.6. The van der Waals surface area contributed by atoms with Crippen LogP contribution in [0.25, 0.3) is 0 Å². The summed E-state index contributed by atoms with van der Waals surface area (Å²) < 4.78 is 0. The quantitative estimate of drug-likeness (QED) is 0.536. The minimum absolute atomic E-state index is 0.0496. The average molecular weight is 415 g/mol. The summed E-state index contributed by atoms with van der Waals surface area (Å²) in [7, 11) is 0. The highest BCUT2D eigenvalue weighted by Crippen LogP contribution is 2.67. The molecule has 3 saturated carbocycles. The second kappa shape index (κ2) is 8.05. The van der Waals surface area contributed by atoms with Crippen LogP contribution in [0.1, 0.15) is 99.3 Å². The summed E-state index contributed by atoms with van der Waals surface area (Å²) in [5.74, 6) is 5.55. The minimum atomic E-state index is -0.397. The Labute approximate surface area is 185 Å². The molecule has 0 bridgehead atoms. The maximum absolute atomic E-state index is 12.1. The molecule has 0 amide bonds. The summed E-state index contributed by atoms with van der Waals surface area (Å²) in [5, 5.41) is 11.1. The summed E-state index contributed by atoms with van der Waals surface area (Å²) in [6.45, 7) is 14.7. The lowest BCUT2D eigenvalue weighted by atomic mass is 9.46. The van der Waals surface area contributed by atoms with E-state index in [0.29, 0.717) is 23.7 Å². The fourth-order valence-electron chi connectivity index (χ4n) is 8.64. The molecule has 2 nitrogen and oxygen atoms in total. The van der Waals surface area contributed by atoms with E-state index in [0.717, 1.165) is 48.0 Å². The Balaban J connectivity index is 1.52. The lowest BCUT2D eigenvalue weighted by Crippen LogP contribution is -2.54. The van der Waals surface area contributed by atoms with Gasteiger partial charge in [0.05, 0.1) is 6.10 Å². The molecule has 1 N–H and O–H groups in total. The summed E-state index contributed by atoms with van der Waals surface area (Å²) >= 11 is 0. The molecule has 4 aliphatic carbocycles. The second-order valence-corrected chi connectivity index (χ2v) is 12.6. The fourth-order valence-corrected chi connectivity index (χ4v) is 8.64. The van der Waals surface area contributed by atoms with E-state index in [1.165, 1.54) is 38.5 Å². The third-order valence-electron chi connectivity index (χ3n) is 11.0. The van der Waals surface area contributed by atoms with Crippen LogP contribution >= 0.6 is 0 Å². The van der Waals surface area contributed by atoms with E-state index in [9.17, 15) is 9.90 Å². The van der Waals surface area contributed by atoms with E-state index in [-0.39, 0.29) is 11.2 Å². The maximum Gasteiger partial charge on any atom is 0.155 e. The third-order valence-corrected chi connectivity index (χ3v) is 11.0. The molecule has 0 aromatic rings. The number of aliphatic hydroxyl groups excluding tert-OH is 1. The highest BCUT2D eigenvalue weighted by atomic mass is 16.3.